The topological polar surface area (TPSA) is 97.8 Å². The zero-order valence-corrected chi connectivity index (χ0v) is 14.5. The molecule has 7 nitrogen and oxygen atoms in total. The Morgan fingerprint density at radius 3 is 2.52 bits per heavy atom. The van der Waals surface area contributed by atoms with Gasteiger partial charge in [0.25, 0.3) is 0 Å². The highest BCUT2D eigenvalue weighted by Crippen LogP contribution is 2.28. The lowest BCUT2D eigenvalue weighted by Crippen LogP contribution is -2.18. The number of hydrogen-bond acceptors (Lipinski definition) is 7. The monoisotopic (exact) mass is 346 g/mol. The fourth-order valence-electron chi connectivity index (χ4n) is 2.34. The van der Waals surface area contributed by atoms with Crippen LogP contribution in [0.5, 0.6) is 0 Å². The molecule has 0 fully saturated rings. The van der Waals surface area contributed by atoms with Gasteiger partial charge in [-0.05, 0) is 39.0 Å². The lowest BCUT2D eigenvalue weighted by Gasteiger charge is -2.15. The number of nitrogens with one attached hydrogen (secondary N) is 1. The van der Waals surface area contributed by atoms with Gasteiger partial charge in [-0.15, -0.1) is 0 Å². The third-order valence-corrected chi connectivity index (χ3v) is 3.45. The predicted molar refractivity (Wildman–Crippen MR) is 93.8 cm³/mol. The van der Waals surface area contributed by atoms with Crippen LogP contribution < -0.4 is 5.32 Å². The van der Waals surface area contributed by atoms with Crippen molar-refractivity contribution in [2.75, 3.05) is 25.1 Å². The summed E-state index contributed by atoms with van der Waals surface area (Å²) in [5.41, 5.74) is 1.68. The van der Waals surface area contributed by atoms with Crippen LogP contribution >= 0.6 is 0 Å². The molecular weight excluding hydrogens is 324 g/mol. The van der Waals surface area contributed by atoms with Gasteiger partial charge >= 0.3 is 11.9 Å². The smallest absolute Gasteiger partial charge is 0.341 e. The fraction of sp³-hybridized carbons (Fsp3) is 0.389. The minimum Gasteiger partial charge on any atom is -0.462 e. The number of aromatic nitrogens is 1. The van der Waals surface area contributed by atoms with Crippen molar-refractivity contribution >= 4 is 28.5 Å². The van der Waals surface area contributed by atoms with Gasteiger partial charge in [0, 0.05) is 18.1 Å². The van der Waals surface area contributed by atoms with Crippen LogP contribution in [0.15, 0.2) is 24.4 Å². The van der Waals surface area contributed by atoms with E-state index in [2.05, 4.69) is 10.3 Å². The molecule has 0 aliphatic carbocycles. The molecule has 2 N–H and O–H groups in total. The van der Waals surface area contributed by atoms with E-state index in [1.807, 2.05) is 0 Å². The zero-order valence-electron chi connectivity index (χ0n) is 14.5. The Bertz CT molecular complexity index is 768. The normalized spacial score (nSPS) is 11.8. The van der Waals surface area contributed by atoms with E-state index in [0.29, 0.717) is 22.2 Å². The van der Waals surface area contributed by atoms with Crippen molar-refractivity contribution in [2.45, 2.75) is 26.9 Å². The maximum Gasteiger partial charge on any atom is 0.341 e. The van der Waals surface area contributed by atoms with Crippen molar-refractivity contribution in [3.05, 3.63) is 35.5 Å². The molecule has 25 heavy (non-hydrogen) atoms. The summed E-state index contributed by atoms with van der Waals surface area (Å²) in [4.78, 5) is 28.5. The Balaban J connectivity index is 2.57. The van der Waals surface area contributed by atoms with Gasteiger partial charge in [0.05, 0.1) is 36.1 Å². The average molecular weight is 346 g/mol. The maximum atomic E-state index is 12.2. The van der Waals surface area contributed by atoms with Crippen molar-refractivity contribution in [3.63, 3.8) is 0 Å². The number of fused-ring (bicyclic) bond motifs is 1. The molecule has 0 spiro atoms. The van der Waals surface area contributed by atoms with E-state index in [0.717, 1.165) is 0 Å². The second kappa shape index (κ2) is 8.43. The lowest BCUT2D eigenvalue weighted by atomic mass is 10.1. The van der Waals surface area contributed by atoms with Crippen LogP contribution in [0.3, 0.4) is 0 Å². The molecule has 0 saturated carbocycles. The number of carbonyl (C=O) groups is 2. The van der Waals surface area contributed by atoms with Crippen molar-refractivity contribution in [1.29, 1.82) is 0 Å². The standard InChI is InChI=1S/C18H22N2O5/c1-4-24-17(22)12-6-7-15-13(8-12)16(20-9-11(3)21)14(10-19-15)18(23)25-5-2/h6-8,10-11,21H,4-5,9H2,1-3H3,(H,19,20). The molecule has 2 aromatic rings. The Morgan fingerprint density at radius 2 is 1.88 bits per heavy atom. The predicted octanol–water partition coefficient (Wildman–Crippen LogP) is 2.38. The van der Waals surface area contributed by atoms with E-state index in [9.17, 15) is 14.7 Å². The van der Waals surface area contributed by atoms with Crippen molar-refractivity contribution in [1.82, 2.24) is 4.98 Å². The number of nitrogens with zero attached hydrogens (tertiary/aromatic N) is 1. The summed E-state index contributed by atoms with van der Waals surface area (Å²) in [7, 11) is 0. The number of esters is 2. The first-order valence-electron chi connectivity index (χ1n) is 8.16. The highest BCUT2D eigenvalue weighted by molar-refractivity contribution is 6.06. The fourth-order valence-corrected chi connectivity index (χ4v) is 2.34. The van der Waals surface area contributed by atoms with Crippen molar-refractivity contribution in [2.24, 2.45) is 0 Å². The van der Waals surface area contributed by atoms with Crippen LogP contribution in [-0.2, 0) is 9.47 Å². The summed E-state index contributed by atoms with van der Waals surface area (Å²) in [6.07, 6.45) is 0.806. The Hall–Kier alpha value is -2.67. The molecule has 1 atom stereocenters. The first kappa shape index (κ1) is 18.7. The highest BCUT2D eigenvalue weighted by atomic mass is 16.5. The minimum absolute atomic E-state index is 0.231. The first-order valence-corrected chi connectivity index (χ1v) is 8.16. The van der Waals surface area contributed by atoms with Crippen LogP contribution in [0.4, 0.5) is 5.69 Å². The molecule has 0 saturated heterocycles. The summed E-state index contributed by atoms with van der Waals surface area (Å²) in [5, 5.41) is 13.2. The molecule has 1 heterocycles. The van der Waals surface area contributed by atoms with Gasteiger partial charge < -0.3 is 19.9 Å². The lowest BCUT2D eigenvalue weighted by molar-refractivity contribution is 0.0518. The molecule has 0 aliphatic rings. The Labute approximate surface area is 146 Å². The highest BCUT2D eigenvalue weighted by Gasteiger charge is 2.18. The maximum absolute atomic E-state index is 12.2. The number of benzene rings is 1. The van der Waals surface area contributed by atoms with Gasteiger partial charge in [-0.25, -0.2) is 9.59 Å². The van der Waals surface area contributed by atoms with E-state index in [4.69, 9.17) is 9.47 Å². The van der Waals surface area contributed by atoms with Gasteiger partial charge in [0.1, 0.15) is 5.56 Å². The van der Waals surface area contributed by atoms with E-state index >= 15 is 0 Å². The molecule has 0 bridgehead atoms. The molecular formula is C18H22N2O5. The van der Waals surface area contributed by atoms with E-state index in [-0.39, 0.29) is 25.3 Å². The average Bonchev–Trinajstić information content (AvgIpc) is 2.59. The van der Waals surface area contributed by atoms with Gasteiger partial charge in [-0.3, -0.25) is 4.98 Å². The zero-order chi connectivity index (χ0) is 18.4. The third-order valence-electron chi connectivity index (χ3n) is 3.45. The van der Waals surface area contributed by atoms with Crippen LogP contribution in [0.2, 0.25) is 0 Å². The molecule has 1 unspecified atom stereocenters. The molecule has 0 radical (unpaired) electrons. The largest absolute Gasteiger partial charge is 0.462 e. The molecule has 0 aliphatic heterocycles. The molecule has 134 valence electrons. The second-order valence-electron chi connectivity index (χ2n) is 5.45. The summed E-state index contributed by atoms with van der Waals surface area (Å²) in [6, 6.07) is 4.92. The number of pyridine rings is 1. The molecule has 7 heteroatoms. The van der Waals surface area contributed by atoms with Crippen LogP contribution in [0.1, 0.15) is 41.5 Å². The van der Waals surface area contributed by atoms with Gasteiger partial charge in [0.2, 0.25) is 0 Å². The number of aliphatic hydroxyl groups is 1. The van der Waals surface area contributed by atoms with Crippen LogP contribution in [0, 0.1) is 0 Å². The number of ether oxygens (including phenoxy) is 2. The minimum atomic E-state index is -0.619. The second-order valence-corrected chi connectivity index (χ2v) is 5.45. The van der Waals surface area contributed by atoms with E-state index < -0.39 is 18.0 Å². The van der Waals surface area contributed by atoms with Crippen molar-refractivity contribution in [3.8, 4) is 0 Å². The number of carbonyl (C=O) groups excluding carboxylic acids is 2. The molecule has 1 aromatic carbocycles. The molecule has 0 amide bonds. The van der Waals surface area contributed by atoms with Gasteiger partial charge in [0.15, 0.2) is 0 Å². The quantitative estimate of drug-likeness (QED) is 0.743. The number of aliphatic hydroxyl groups excluding tert-OH is 1. The summed E-state index contributed by atoms with van der Waals surface area (Å²) < 4.78 is 10.1. The van der Waals surface area contributed by atoms with Crippen molar-refractivity contribution < 1.29 is 24.2 Å². The number of anilines is 1. The van der Waals surface area contributed by atoms with Gasteiger partial charge in [-0.1, -0.05) is 0 Å². The van der Waals surface area contributed by atoms with E-state index in [1.54, 1.807) is 39.0 Å². The molecule has 2 rings (SSSR count). The van der Waals surface area contributed by atoms with Crippen LogP contribution in [-0.4, -0.2) is 47.9 Å². The number of rotatable bonds is 7. The number of hydrogen-bond donors (Lipinski definition) is 2. The Kier molecular flexibility index (Phi) is 6.30. The Morgan fingerprint density at radius 1 is 1.20 bits per heavy atom. The third kappa shape index (κ3) is 4.45. The van der Waals surface area contributed by atoms with E-state index in [1.165, 1.54) is 6.20 Å². The molecule has 1 aromatic heterocycles. The van der Waals surface area contributed by atoms with Crippen LogP contribution in [0.25, 0.3) is 10.9 Å². The summed E-state index contributed by atoms with van der Waals surface area (Å²) in [5.74, 6) is -0.973. The summed E-state index contributed by atoms with van der Waals surface area (Å²) >= 11 is 0. The first-order chi connectivity index (χ1) is 12.0. The summed E-state index contributed by atoms with van der Waals surface area (Å²) in [6.45, 7) is 5.81. The van der Waals surface area contributed by atoms with Gasteiger partial charge in [-0.2, -0.15) is 0 Å². The SMILES string of the molecule is CCOC(=O)c1ccc2ncc(C(=O)OCC)c(NCC(C)O)c2c1.